The maximum atomic E-state index is 9.52. The Kier molecular flexibility index (Phi) is 2.42. The Hall–Kier alpha value is -2.47. The van der Waals surface area contributed by atoms with Gasteiger partial charge in [-0.3, -0.25) is 0 Å². The highest BCUT2D eigenvalue weighted by molar-refractivity contribution is 5.55. The summed E-state index contributed by atoms with van der Waals surface area (Å²) in [7, 11) is 0. The molecule has 3 rings (SSSR count). The third-order valence-corrected chi connectivity index (χ3v) is 3.17. The molecule has 3 nitrogen and oxygen atoms in total. The topological polar surface area (TPSA) is 48.5 Å². The molecule has 0 fully saturated rings. The number of nitriles is 1. The molecule has 1 aliphatic heterocycles. The fraction of sp³-hybridized carbons (Fsp3) is 0.133. The van der Waals surface area contributed by atoms with Gasteiger partial charge in [-0.25, -0.2) is 0 Å². The highest BCUT2D eigenvalue weighted by atomic mass is 15.2. The lowest BCUT2D eigenvalue weighted by Gasteiger charge is -2.17. The number of hydrogen-bond donors (Lipinski definition) is 0. The van der Waals surface area contributed by atoms with Crippen LogP contribution >= 0.6 is 0 Å². The number of fused-ring (bicyclic) bond motifs is 1. The zero-order chi connectivity index (χ0) is 12.4. The maximum Gasteiger partial charge on any atom is 0.198 e. The lowest BCUT2D eigenvalue weighted by molar-refractivity contribution is 0.573. The lowest BCUT2D eigenvalue weighted by atomic mass is 9.86. The molecule has 0 unspecified atom stereocenters. The second kappa shape index (κ2) is 4.08. The quantitative estimate of drug-likeness (QED) is 0.779. The summed E-state index contributed by atoms with van der Waals surface area (Å²) in [5, 5.41) is 17.9. The van der Waals surface area contributed by atoms with Crippen molar-refractivity contribution in [3.8, 4) is 6.07 Å². The minimum absolute atomic E-state index is 0.560. The fourth-order valence-corrected chi connectivity index (χ4v) is 2.25. The molecular weight excluding hydrogens is 222 g/mol. The smallest absolute Gasteiger partial charge is 0.195 e. The van der Waals surface area contributed by atoms with E-state index >= 15 is 0 Å². The number of hydrogen-bond acceptors (Lipinski definition) is 3. The third-order valence-electron chi connectivity index (χ3n) is 3.17. The summed E-state index contributed by atoms with van der Waals surface area (Å²) in [6.45, 7) is 0. The van der Waals surface area contributed by atoms with Crippen LogP contribution < -0.4 is 0 Å². The first-order chi connectivity index (χ1) is 8.84. The van der Waals surface area contributed by atoms with E-state index < -0.39 is 5.54 Å². The number of benzene rings is 2. The van der Waals surface area contributed by atoms with Gasteiger partial charge in [-0.1, -0.05) is 48.5 Å². The van der Waals surface area contributed by atoms with Crippen molar-refractivity contribution in [1.82, 2.24) is 0 Å². The number of azo groups is 1. The first kappa shape index (κ1) is 10.7. The van der Waals surface area contributed by atoms with Crippen LogP contribution in [0.4, 0.5) is 5.69 Å². The van der Waals surface area contributed by atoms with Crippen molar-refractivity contribution in [3.63, 3.8) is 0 Å². The number of rotatable bonds is 2. The van der Waals surface area contributed by atoms with Crippen molar-refractivity contribution in [2.75, 3.05) is 0 Å². The van der Waals surface area contributed by atoms with Gasteiger partial charge in [0.05, 0.1) is 5.69 Å². The highest BCUT2D eigenvalue weighted by Gasteiger charge is 2.38. The Labute approximate surface area is 105 Å². The Morgan fingerprint density at radius 1 is 1.00 bits per heavy atom. The fourth-order valence-electron chi connectivity index (χ4n) is 2.25. The zero-order valence-electron chi connectivity index (χ0n) is 9.74. The first-order valence-electron chi connectivity index (χ1n) is 5.82. The summed E-state index contributed by atoms with van der Waals surface area (Å²) in [6.07, 6.45) is 0.560. The van der Waals surface area contributed by atoms with E-state index in [1.807, 2.05) is 54.6 Å². The molecule has 1 atom stereocenters. The average Bonchev–Trinajstić information content (AvgIpc) is 2.80. The van der Waals surface area contributed by atoms with Crippen LogP contribution in [0.1, 0.15) is 11.1 Å². The van der Waals surface area contributed by atoms with E-state index in [2.05, 4.69) is 16.3 Å². The van der Waals surface area contributed by atoms with Crippen LogP contribution in [0, 0.1) is 11.3 Å². The normalized spacial score (nSPS) is 20.4. The zero-order valence-corrected chi connectivity index (χ0v) is 9.74. The third kappa shape index (κ3) is 1.59. The van der Waals surface area contributed by atoms with E-state index in [1.54, 1.807) is 0 Å². The molecule has 86 valence electrons. The molecule has 0 bridgehead atoms. The lowest BCUT2D eigenvalue weighted by Crippen LogP contribution is -2.21. The largest absolute Gasteiger partial charge is 0.198 e. The molecule has 3 heteroatoms. The van der Waals surface area contributed by atoms with E-state index in [4.69, 9.17) is 0 Å². The van der Waals surface area contributed by atoms with Crippen LogP contribution in [0.25, 0.3) is 0 Å². The minimum Gasteiger partial charge on any atom is -0.195 e. The summed E-state index contributed by atoms with van der Waals surface area (Å²) < 4.78 is 0. The van der Waals surface area contributed by atoms with Crippen molar-refractivity contribution < 1.29 is 0 Å². The molecule has 1 aliphatic rings. The van der Waals surface area contributed by atoms with Gasteiger partial charge in [-0.05, 0) is 11.6 Å². The van der Waals surface area contributed by atoms with Crippen LogP contribution in [-0.4, -0.2) is 0 Å². The molecule has 0 aliphatic carbocycles. The van der Waals surface area contributed by atoms with Crippen LogP contribution in [0.3, 0.4) is 0 Å². The molecule has 0 spiro atoms. The molecule has 2 aromatic rings. The summed E-state index contributed by atoms with van der Waals surface area (Å²) in [6, 6.07) is 19.9. The van der Waals surface area contributed by atoms with Gasteiger partial charge in [-0.15, -0.1) is 0 Å². The van der Waals surface area contributed by atoms with Gasteiger partial charge in [-0.2, -0.15) is 15.5 Å². The molecule has 0 radical (unpaired) electrons. The molecule has 18 heavy (non-hydrogen) atoms. The Morgan fingerprint density at radius 2 is 1.72 bits per heavy atom. The van der Waals surface area contributed by atoms with Gasteiger partial charge >= 0.3 is 0 Å². The summed E-state index contributed by atoms with van der Waals surface area (Å²) in [5.74, 6) is 0. The van der Waals surface area contributed by atoms with E-state index in [9.17, 15) is 5.26 Å². The van der Waals surface area contributed by atoms with E-state index in [-0.39, 0.29) is 0 Å². The van der Waals surface area contributed by atoms with Gasteiger partial charge in [0.15, 0.2) is 5.54 Å². The van der Waals surface area contributed by atoms with Gasteiger partial charge in [0.1, 0.15) is 6.07 Å². The summed E-state index contributed by atoms with van der Waals surface area (Å²) >= 11 is 0. The SMILES string of the molecule is N#C[C@]1(Cc2ccccc2)N=Nc2ccccc21. The standard InChI is InChI=1S/C15H11N3/c16-11-15(10-12-6-2-1-3-7-12)13-8-4-5-9-14(13)17-18-15/h1-9H,10H2/t15-/m0/s1. The van der Waals surface area contributed by atoms with Crippen molar-refractivity contribution in [2.45, 2.75) is 12.0 Å². The minimum atomic E-state index is -0.863. The summed E-state index contributed by atoms with van der Waals surface area (Å²) in [4.78, 5) is 0. The van der Waals surface area contributed by atoms with Crippen molar-refractivity contribution in [2.24, 2.45) is 10.2 Å². The van der Waals surface area contributed by atoms with Crippen LogP contribution in [0.2, 0.25) is 0 Å². The maximum absolute atomic E-state index is 9.52. The highest BCUT2D eigenvalue weighted by Crippen LogP contribution is 2.42. The Morgan fingerprint density at radius 3 is 2.50 bits per heavy atom. The predicted octanol–water partition coefficient (Wildman–Crippen LogP) is 3.75. The van der Waals surface area contributed by atoms with Gasteiger partial charge < -0.3 is 0 Å². The summed E-state index contributed by atoms with van der Waals surface area (Å²) in [5.41, 5.74) is 1.93. The van der Waals surface area contributed by atoms with E-state index in [0.717, 1.165) is 16.8 Å². The van der Waals surface area contributed by atoms with Gasteiger partial charge in [0.25, 0.3) is 0 Å². The molecule has 2 aromatic carbocycles. The van der Waals surface area contributed by atoms with Crippen LogP contribution in [0.5, 0.6) is 0 Å². The second-order valence-electron chi connectivity index (χ2n) is 4.35. The Balaban J connectivity index is 2.04. The van der Waals surface area contributed by atoms with E-state index in [0.29, 0.717) is 6.42 Å². The van der Waals surface area contributed by atoms with E-state index in [1.165, 1.54) is 0 Å². The Bertz CT molecular complexity index is 640. The molecule has 0 amide bonds. The van der Waals surface area contributed by atoms with Crippen molar-refractivity contribution in [1.29, 1.82) is 5.26 Å². The van der Waals surface area contributed by atoms with Gasteiger partial charge in [0, 0.05) is 12.0 Å². The molecule has 0 saturated carbocycles. The average molecular weight is 233 g/mol. The molecule has 0 N–H and O–H groups in total. The monoisotopic (exact) mass is 233 g/mol. The first-order valence-corrected chi connectivity index (χ1v) is 5.82. The van der Waals surface area contributed by atoms with Crippen molar-refractivity contribution in [3.05, 3.63) is 65.7 Å². The van der Waals surface area contributed by atoms with Crippen LogP contribution in [-0.2, 0) is 12.0 Å². The van der Waals surface area contributed by atoms with Crippen LogP contribution in [0.15, 0.2) is 64.8 Å². The van der Waals surface area contributed by atoms with Crippen molar-refractivity contribution >= 4 is 5.69 Å². The molecule has 1 heterocycles. The molecule has 0 aromatic heterocycles. The number of nitrogens with zero attached hydrogens (tertiary/aromatic N) is 3. The predicted molar refractivity (Wildman–Crippen MR) is 68.4 cm³/mol. The molecule has 0 saturated heterocycles. The molecular formula is C15H11N3. The second-order valence-corrected chi connectivity index (χ2v) is 4.35. The van der Waals surface area contributed by atoms with Gasteiger partial charge in [0.2, 0.25) is 0 Å².